The zero-order valence-electron chi connectivity index (χ0n) is 18.0. The number of nitrogens with zero attached hydrogens (tertiary/aromatic N) is 4. The minimum atomic E-state index is -1.37. The molecule has 1 atom stereocenters. The Morgan fingerprint density at radius 1 is 1.10 bits per heavy atom. The molecule has 0 radical (unpaired) electrons. The quantitative estimate of drug-likeness (QED) is 0.493. The molecule has 0 saturated heterocycles. The SMILES string of the molecule is CCCc1nnc(-c2cnc(NC3Cc4ccc(C#C[Si](C)(C)C)cc4C3)nc2)o1. The van der Waals surface area contributed by atoms with E-state index in [2.05, 4.69) is 81.7 Å². The van der Waals surface area contributed by atoms with Gasteiger partial charge in [-0.1, -0.05) is 38.6 Å². The van der Waals surface area contributed by atoms with Gasteiger partial charge in [0, 0.05) is 30.4 Å². The molecule has 30 heavy (non-hydrogen) atoms. The summed E-state index contributed by atoms with van der Waals surface area (Å²) in [6.45, 7) is 8.87. The number of aryl methyl sites for hydroxylation is 1. The van der Waals surface area contributed by atoms with Crippen molar-refractivity contribution in [2.45, 2.75) is 58.3 Å². The van der Waals surface area contributed by atoms with Crippen LogP contribution < -0.4 is 5.32 Å². The Morgan fingerprint density at radius 3 is 2.60 bits per heavy atom. The molecule has 1 aliphatic carbocycles. The van der Waals surface area contributed by atoms with Crippen molar-refractivity contribution >= 4 is 14.0 Å². The van der Waals surface area contributed by atoms with Gasteiger partial charge < -0.3 is 9.73 Å². The van der Waals surface area contributed by atoms with Crippen molar-refractivity contribution in [1.82, 2.24) is 20.2 Å². The van der Waals surface area contributed by atoms with Crippen LogP contribution >= 0.6 is 0 Å². The van der Waals surface area contributed by atoms with Crippen molar-refractivity contribution in [3.05, 3.63) is 53.2 Å². The van der Waals surface area contributed by atoms with E-state index in [0.717, 1.165) is 36.8 Å². The van der Waals surface area contributed by atoms with Gasteiger partial charge in [-0.3, -0.25) is 0 Å². The van der Waals surface area contributed by atoms with Crippen LogP contribution in [0, 0.1) is 11.5 Å². The highest BCUT2D eigenvalue weighted by molar-refractivity contribution is 6.83. The van der Waals surface area contributed by atoms with E-state index in [1.807, 2.05) is 0 Å². The topological polar surface area (TPSA) is 76.7 Å². The van der Waals surface area contributed by atoms with Crippen LogP contribution in [0.2, 0.25) is 19.6 Å². The fourth-order valence-electron chi connectivity index (χ4n) is 3.44. The Kier molecular flexibility index (Phi) is 5.69. The molecule has 1 aromatic carbocycles. The zero-order valence-corrected chi connectivity index (χ0v) is 19.0. The summed E-state index contributed by atoms with van der Waals surface area (Å²) in [7, 11) is -1.37. The van der Waals surface area contributed by atoms with Gasteiger partial charge in [-0.2, -0.15) is 0 Å². The van der Waals surface area contributed by atoms with E-state index in [9.17, 15) is 0 Å². The van der Waals surface area contributed by atoms with E-state index in [1.54, 1.807) is 12.4 Å². The summed E-state index contributed by atoms with van der Waals surface area (Å²) < 4.78 is 5.65. The van der Waals surface area contributed by atoms with Crippen LogP contribution in [0.25, 0.3) is 11.5 Å². The maximum atomic E-state index is 5.65. The van der Waals surface area contributed by atoms with Crippen molar-refractivity contribution in [2.24, 2.45) is 0 Å². The second-order valence-corrected chi connectivity index (χ2v) is 13.5. The monoisotopic (exact) mass is 417 g/mol. The highest BCUT2D eigenvalue weighted by Crippen LogP contribution is 2.25. The van der Waals surface area contributed by atoms with Gasteiger partial charge in [-0.15, -0.1) is 15.7 Å². The number of rotatable bonds is 5. The summed E-state index contributed by atoms with van der Waals surface area (Å²) >= 11 is 0. The first kappa shape index (κ1) is 20.3. The van der Waals surface area contributed by atoms with Crippen LogP contribution in [0.15, 0.2) is 35.0 Å². The van der Waals surface area contributed by atoms with E-state index < -0.39 is 8.07 Å². The molecule has 0 fully saturated rings. The van der Waals surface area contributed by atoms with E-state index >= 15 is 0 Å². The van der Waals surface area contributed by atoms with E-state index in [-0.39, 0.29) is 6.04 Å². The second-order valence-electron chi connectivity index (χ2n) is 8.78. The molecular weight excluding hydrogens is 390 g/mol. The molecule has 3 aromatic rings. The van der Waals surface area contributed by atoms with Gasteiger partial charge in [0.25, 0.3) is 5.89 Å². The highest BCUT2D eigenvalue weighted by atomic mass is 28.3. The average Bonchev–Trinajstić information content (AvgIpc) is 3.33. The summed E-state index contributed by atoms with van der Waals surface area (Å²) in [5.74, 6) is 5.08. The van der Waals surface area contributed by atoms with Crippen molar-refractivity contribution in [3.63, 3.8) is 0 Å². The summed E-state index contributed by atoms with van der Waals surface area (Å²) in [5, 5.41) is 11.6. The average molecular weight is 418 g/mol. The number of nitrogens with one attached hydrogen (secondary N) is 1. The maximum Gasteiger partial charge on any atom is 0.250 e. The number of hydrogen-bond donors (Lipinski definition) is 1. The summed E-state index contributed by atoms with van der Waals surface area (Å²) in [6, 6.07) is 6.86. The minimum absolute atomic E-state index is 0.283. The predicted molar refractivity (Wildman–Crippen MR) is 121 cm³/mol. The standard InChI is InChI=1S/C23H27N5OSi/c1-5-6-21-27-28-22(29-21)19-14-24-23(25-15-19)26-20-12-17-8-7-16(11-18(17)13-20)9-10-30(2,3)4/h7-8,11,14-15,20H,5-6,12-13H2,1-4H3,(H,24,25,26). The molecule has 2 heterocycles. The van der Waals surface area contributed by atoms with Crippen molar-refractivity contribution in [3.8, 4) is 22.9 Å². The normalized spacial score (nSPS) is 15.4. The van der Waals surface area contributed by atoms with Gasteiger partial charge in [0.15, 0.2) is 0 Å². The number of fused-ring (bicyclic) bond motifs is 1. The Labute approximate surface area is 178 Å². The van der Waals surface area contributed by atoms with Crippen LogP contribution in [0.3, 0.4) is 0 Å². The summed E-state index contributed by atoms with van der Waals surface area (Å²) in [5.41, 5.74) is 8.02. The molecule has 1 N–H and O–H groups in total. The molecule has 0 amide bonds. The molecule has 4 rings (SSSR count). The molecule has 1 aliphatic rings. The van der Waals surface area contributed by atoms with Gasteiger partial charge in [0.05, 0.1) is 5.56 Å². The zero-order chi connectivity index (χ0) is 21.1. The smallest absolute Gasteiger partial charge is 0.250 e. The van der Waals surface area contributed by atoms with Crippen molar-refractivity contribution < 1.29 is 4.42 Å². The third-order valence-corrected chi connectivity index (χ3v) is 5.76. The van der Waals surface area contributed by atoms with Crippen LogP contribution in [0.5, 0.6) is 0 Å². The fourth-order valence-corrected chi connectivity index (χ4v) is 3.96. The molecule has 0 saturated carbocycles. The highest BCUT2D eigenvalue weighted by Gasteiger charge is 2.22. The second kappa shape index (κ2) is 8.40. The lowest BCUT2D eigenvalue weighted by atomic mass is 10.1. The molecule has 0 spiro atoms. The number of benzene rings is 1. The molecule has 0 bridgehead atoms. The summed E-state index contributed by atoms with van der Waals surface area (Å²) in [4.78, 5) is 8.89. The third-order valence-electron chi connectivity index (χ3n) is 4.88. The lowest BCUT2D eigenvalue weighted by Gasteiger charge is -2.11. The Hall–Kier alpha value is -2.98. The largest absolute Gasteiger partial charge is 0.421 e. The lowest BCUT2D eigenvalue weighted by Crippen LogP contribution is -2.20. The van der Waals surface area contributed by atoms with Crippen LogP contribution in [0.4, 0.5) is 5.95 Å². The van der Waals surface area contributed by atoms with Gasteiger partial charge in [-0.05, 0) is 42.5 Å². The third kappa shape index (κ3) is 4.95. The minimum Gasteiger partial charge on any atom is -0.421 e. The lowest BCUT2D eigenvalue weighted by molar-refractivity contribution is 0.502. The number of hydrogen-bond acceptors (Lipinski definition) is 6. The van der Waals surface area contributed by atoms with Crippen LogP contribution in [-0.2, 0) is 19.3 Å². The molecule has 7 heteroatoms. The summed E-state index contributed by atoms with van der Waals surface area (Å²) in [6.07, 6.45) is 7.12. The van der Waals surface area contributed by atoms with E-state index in [1.165, 1.54) is 11.1 Å². The van der Waals surface area contributed by atoms with E-state index in [0.29, 0.717) is 17.7 Å². The molecule has 0 aliphatic heterocycles. The maximum absolute atomic E-state index is 5.65. The van der Waals surface area contributed by atoms with Crippen molar-refractivity contribution in [2.75, 3.05) is 5.32 Å². The van der Waals surface area contributed by atoms with Gasteiger partial charge >= 0.3 is 0 Å². The number of aromatic nitrogens is 4. The molecule has 154 valence electrons. The Balaban J connectivity index is 1.40. The van der Waals surface area contributed by atoms with Crippen LogP contribution in [-0.4, -0.2) is 34.3 Å². The first-order valence-corrected chi connectivity index (χ1v) is 14.0. The first-order valence-electron chi connectivity index (χ1n) is 10.5. The van der Waals surface area contributed by atoms with Gasteiger partial charge in [0.1, 0.15) is 8.07 Å². The molecule has 1 unspecified atom stereocenters. The van der Waals surface area contributed by atoms with Gasteiger partial charge in [-0.25, -0.2) is 9.97 Å². The van der Waals surface area contributed by atoms with Crippen molar-refractivity contribution in [1.29, 1.82) is 0 Å². The number of anilines is 1. The first-order chi connectivity index (χ1) is 14.4. The molecule has 6 nitrogen and oxygen atoms in total. The van der Waals surface area contributed by atoms with E-state index in [4.69, 9.17) is 4.42 Å². The predicted octanol–water partition coefficient (Wildman–Crippen LogP) is 4.29. The molecular formula is C23H27N5OSi. The Morgan fingerprint density at radius 2 is 1.87 bits per heavy atom. The fraction of sp³-hybridized carbons (Fsp3) is 0.391. The van der Waals surface area contributed by atoms with Gasteiger partial charge in [0.2, 0.25) is 11.8 Å². The Bertz CT molecular complexity index is 1090. The van der Waals surface area contributed by atoms with Crippen LogP contribution in [0.1, 0.15) is 35.9 Å². The molecule has 2 aromatic heterocycles.